The van der Waals surface area contributed by atoms with Crippen LogP contribution in [0, 0.1) is 24.7 Å². The summed E-state index contributed by atoms with van der Waals surface area (Å²) < 4.78 is 23.7. The molecule has 2 rings (SSSR count). The average molecular weight is 422 g/mol. The third kappa shape index (κ3) is 7.06. The van der Waals surface area contributed by atoms with Gasteiger partial charge in [0.25, 0.3) is 0 Å². The van der Waals surface area contributed by atoms with Gasteiger partial charge >= 0.3 is 0 Å². The zero-order valence-electron chi connectivity index (χ0n) is 17.3. The van der Waals surface area contributed by atoms with Crippen molar-refractivity contribution in [2.24, 2.45) is 10.2 Å². The maximum absolute atomic E-state index is 11.9. The first-order chi connectivity index (χ1) is 14.5. The zero-order valence-corrected chi connectivity index (χ0v) is 18.1. The van der Waals surface area contributed by atoms with E-state index in [1.807, 2.05) is 24.3 Å². The molecular formula is C24H27N3O2S. The minimum absolute atomic E-state index is 0.0721. The lowest BCUT2D eigenvalue weighted by Gasteiger charge is -2.24. The van der Waals surface area contributed by atoms with Crippen LogP contribution in [0.5, 0.6) is 0 Å². The molecular weight excluding hydrogens is 394 g/mol. The van der Waals surface area contributed by atoms with E-state index in [4.69, 9.17) is 12.8 Å². The Hall–Kier alpha value is -3.09. The molecule has 0 aromatic heterocycles. The molecule has 0 heterocycles. The van der Waals surface area contributed by atoms with Crippen LogP contribution < -0.4 is 4.90 Å². The minimum Gasteiger partial charge on any atom is -0.371 e. The van der Waals surface area contributed by atoms with Gasteiger partial charge in [-0.05, 0) is 61.4 Å². The topological polar surface area (TPSA) is 62.1 Å². The van der Waals surface area contributed by atoms with Crippen molar-refractivity contribution in [2.75, 3.05) is 23.7 Å². The van der Waals surface area contributed by atoms with Gasteiger partial charge in [0.1, 0.15) is 0 Å². The fourth-order valence-corrected chi connectivity index (χ4v) is 3.73. The normalized spacial score (nSPS) is 11.2. The second-order valence-corrected chi connectivity index (χ2v) is 8.99. The summed E-state index contributed by atoms with van der Waals surface area (Å²) in [6.07, 6.45) is 14.1. The van der Waals surface area contributed by atoms with E-state index in [2.05, 4.69) is 27.0 Å². The number of anilines is 1. The van der Waals surface area contributed by atoms with E-state index in [0.717, 1.165) is 50.1 Å². The number of azo groups is 1. The van der Waals surface area contributed by atoms with Crippen LogP contribution in [0.15, 0.2) is 63.7 Å². The predicted octanol–water partition coefficient (Wildman–Crippen LogP) is 5.53. The maximum Gasteiger partial charge on any atom is 0.178 e. The number of terminal acetylenes is 2. The molecule has 0 unspecified atom stereocenters. The molecule has 30 heavy (non-hydrogen) atoms. The van der Waals surface area contributed by atoms with Crippen molar-refractivity contribution < 1.29 is 8.42 Å². The van der Waals surface area contributed by atoms with Crippen molar-refractivity contribution in [3.8, 4) is 24.7 Å². The molecule has 0 atom stereocenters. The van der Waals surface area contributed by atoms with Gasteiger partial charge in [-0.25, -0.2) is 8.42 Å². The van der Waals surface area contributed by atoms with Crippen LogP contribution in [-0.4, -0.2) is 27.3 Å². The van der Waals surface area contributed by atoms with Gasteiger partial charge in [0.15, 0.2) is 9.84 Å². The van der Waals surface area contributed by atoms with Crippen LogP contribution in [-0.2, 0) is 9.84 Å². The molecule has 6 heteroatoms. The Morgan fingerprint density at radius 3 is 1.73 bits per heavy atom. The number of sulfone groups is 1. The van der Waals surface area contributed by atoms with E-state index < -0.39 is 9.84 Å². The lowest BCUT2D eigenvalue weighted by molar-refractivity contribution is 0.597. The highest BCUT2D eigenvalue weighted by Crippen LogP contribution is 2.24. The van der Waals surface area contributed by atoms with Crippen molar-refractivity contribution >= 4 is 26.9 Å². The summed E-state index contributed by atoms with van der Waals surface area (Å²) in [4.78, 5) is 2.57. The fraction of sp³-hybridized carbons (Fsp3) is 0.333. The monoisotopic (exact) mass is 421 g/mol. The highest BCUT2D eigenvalue weighted by molar-refractivity contribution is 7.91. The predicted molar refractivity (Wildman–Crippen MR) is 123 cm³/mol. The number of hydrogen-bond donors (Lipinski definition) is 0. The summed E-state index contributed by atoms with van der Waals surface area (Å²) in [6, 6.07) is 14.3. The van der Waals surface area contributed by atoms with Crippen LogP contribution in [0.2, 0.25) is 0 Å². The molecule has 0 aliphatic rings. The zero-order chi connectivity index (χ0) is 21.8. The van der Waals surface area contributed by atoms with Gasteiger partial charge in [-0.1, -0.05) is 6.92 Å². The van der Waals surface area contributed by atoms with Crippen LogP contribution in [0.4, 0.5) is 17.1 Å². The second kappa shape index (κ2) is 11.8. The molecule has 0 fully saturated rings. The minimum atomic E-state index is -3.21. The molecule has 0 saturated heterocycles. The van der Waals surface area contributed by atoms with Crippen LogP contribution >= 0.6 is 0 Å². The van der Waals surface area contributed by atoms with E-state index in [1.165, 1.54) is 0 Å². The third-order valence-electron chi connectivity index (χ3n) is 4.57. The van der Waals surface area contributed by atoms with Crippen LogP contribution in [0.25, 0.3) is 0 Å². The summed E-state index contributed by atoms with van der Waals surface area (Å²) in [5, 5.41) is 8.44. The molecule has 0 aliphatic heterocycles. The van der Waals surface area contributed by atoms with Gasteiger partial charge in [0, 0.05) is 31.6 Å². The van der Waals surface area contributed by atoms with Gasteiger partial charge in [-0.2, -0.15) is 10.2 Å². The van der Waals surface area contributed by atoms with Crippen molar-refractivity contribution in [2.45, 2.75) is 37.5 Å². The largest absolute Gasteiger partial charge is 0.371 e. The summed E-state index contributed by atoms with van der Waals surface area (Å²) >= 11 is 0. The number of nitrogens with zero attached hydrogens (tertiary/aromatic N) is 3. The SMILES string of the molecule is C#CCCCN(CCCC#C)c1ccc(N=Nc2ccc(S(=O)(=O)CC)cc2)cc1. The second-order valence-electron chi connectivity index (χ2n) is 6.72. The summed E-state index contributed by atoms with van der Waals surface area (Å²) in [7, 11) is -3.21. The quantitative estimate of drug-likeness (QED) is 0.272. The van der Waals surface area contributed by atoms with Crippen LogP contribution in [0.1, 0.15) is 32.6 Å². The Kier molecular flexibility index (Phi) is 9.12. The van der Waals surface area contributed by atoms with Gasteiger partial charge in [-0.3, -0.25) is 0 Å². The first kappa shape index (κ1) is 23.2. The van der Waals surface area contributed by atoms with Gasteiger partial charge in [-0.15, -0.1) is 24.7 Å². The molecule has 2 aromatic carbocycles. The molecule has 0 bridgehead atoms. The molecule has 0 spiro atoms. The Labute approximate surface area is 180 Å². The molecule has 0 amide bonds. The van der Waals surface area contributed by atoms with Crippen molar-refractivity contribution in [3.05, 3.63) is 48.5 Å². The van der Waals surface area contributed by atoms with Crippen molar-refractivity contribution in [3.63, 3.8) is 0 Å². The number of rotatable bonds is 11. The Balaban J connectivity index is 2.06. The standard InChI is InChI=1S/C24H27N3O2S/c1-4-7-9-19-27(20-10-8-5-2)23-15-11-21(12-16-23)25-26-22-13-17-24(18-14-22)30(28,29)6-3/h1-2,11-18H,6-10,19-20H2,3H3. The number of benzene rings is 2. The lowest BCUT2D eigenvalue weighted by atomic mass is 10.2. The van der Waals surface area contributed by atoms with E-state index in [0.29, 0.717) is 10.6 Å². The molecule has 0 saturated carbocycles. The summed E-state index contributed by atoms with van der Waals surface area (Å²) in [5.74, 6) is 5.43. The van der Waals surface area contributed by atoms with Crippen LogP contribution in [0.3, 0.4) is 0 Å². The van der Waals surface area contributed by atoms with Crippen molar-refractivity contribution in [1.82, 2.24) is 0 Å². The highest BCUT2D eigenvalue weighted by atomic mass is 32.2. The molecule has 0 N–H and O–H groups in total. The molecule has 2 aromatic rings. The fourth-order valence-electron chi connectivity index (χ4n) is 2.85. The van der Waals surface area contributed by atoms with Crippen molar-refractivity contribution in [1.29, 1.82) is 0 Å². The first-order valence-electron chi connectivity index (χ1n) is 9.96. The number of unbranched alkanes of at least 4 members (excludes halogenated alkanes) is 2. The number of hydrogen-bond acceptors (Lipinski definition) is 5. The van der Waals surface area contributed by atoms with E-state index in [9.17, 15) is 8.42 Å². The summed E-state index contributed by atoms with van der Waals surface area (Å²) in [5.41, 5.74) is 2.41. The molecule has 156 valence electrons. The van der Waals surface area contributed by atoms with E-state index >= 15 is 0 Å². The molecule has 5 nitrogen and oxygen atoms in total. The lowest BCUT2D eigenvalue weighted by Crippen LogP contribution is -2.25. The first-order valence-corrected chi connectivity index (χ1v) is 11.6. The van der Waals surface area contributed by atoms with E-state index in [-0.39, 0.29) is 5.75 Å². The smallest absolute Gasteiger partial charge is 0.178 e. The molecule has 0 radical (unpaired) electrons. The maximum atomic E-state index is 11.9. The Morgan fingerprint density at radius 2 is 1.30 bits per heavy atom. The molecule has 0 aliphatic carbocycles. The average Bonchev–Trinajstić information content (AvgIpc) is 2.77. The summed E-state index contributed by atoms with van der Waals surface area (Å²) in [6.45, 7) is 3.38. The highest BCUT2D eigenvalue weighted by Gasteiger charge is 2.10. The Bertz CT molecular complexity index is 992. The third-order valence-corrected chi connectivity index (χ3v) is 6.32. The van der Waals surface area contributed by atoms with Gasteiger partial charge < -0.3 is 4.90 Å². The Morgan fingerprint density at radius 1 is 0.833 bits per heavy atom. The van der Waals surface area contributed by atoms with E-state index in [1.54, 1.807) is 31.2 Å². The van der Waals surface area contributed by atoms with Gasteiger partial charge in [0.05, 0.1) is 22.0 Å². The van der Waals surface area contributed by atoms with Gasteiger partial charge in [0.2, 0.25) is 0 Å².